The van der Waals surface area contributed by atoms with E-state index in [0.717, 1.165) is 6.42 Å². The number of hydrogen-bond donors (Lipinski definition) is 2. The number of carbonyl (C=O) groups excluding carboxylic acids is 1. The van der Waals surface area contributed by atoms with E-state index in [1.165, 1.54) is 0 Å². The Kier molecular flexibility index (Phi) is 3.16. The van der Waals surface area contributed by atoms with Gasteiger partial charge in [0.05, 0.1) is 5.92 Å². The summed E-state index contributed by atoms with van der Waals surface area (Å²) >= 11 is 0. The van der Waals surface area contributed by atoms with Gasteiger partial charge in [0.1, 0.15) is 5.60 Å². The van der Waals surface area contributed by atoms with Gasteiger partial charge in [-0.3, -0.25) is 0 Å². The van der Waals surface area contributed by atoms with E-state index >= 15 is 0 Å². The first kappa shape index (κ1) is 13.4. The number of fused-ring (bicyclic) bond motifs is 1. The molecule has 2 aliphatic rings. The van der Waals surface area contributed by atoms with Gasteiger partial charge >= 0.3 is 5.97 Å². The molecule has 0 radical (unpaired) electrons. The molecule has 1 saturated carbocycles. The third-order valence-electron chi connectivity index (χ3n) is 4.82. The third kappa shape index (κ3) is 1.44. The van der Waals surface area contributed by atoms with E-state index in [4.69, 9.17) is 11.2 Å². The van der Waals surface area contributed by atoms with E-state index in [-0.39, 0.29) is 18.4 Å². The lowest BCUT2D eigenvalue weighted by Gasteiger charge is -2.30. The largest absolute Gasteiger partial charge is 0.456 e. The van der Waals surface area contributed by atoms with E-state index < -0.39 is 23.1 Å². The molecule has 2 fully saturated rings. The van der Waals surface area contributed by atoms with Crippen LogP contribution in [0.25, 0.3) is 0 Å². The summed E-state index contributed by atoms with van der Waals surface area (Å²) in [4.78, 5) is 11.9. The molecule has 1 aliphatic carbocycles. The predicted octanol–water partition coefficient (Wildman–Crippen LogP) is 0.711. The zero-order valence-electron chi connectivity index (χ0n) is 10.8. The summed E-state index contributed by atoms with van der Waals surface area (Å²) < 4.78 is 5.45. The Hall–Kier alpha value is -1.05. The Morgan fingerprint density at radius 1 is 1.56 bits per heavy atom. The maximum Gasteiger partial charge on any atom is 0.352 e. The summed E-state index contributed by atoms with van der Waals surface area (Å²) in [6.07, 6.45) is 7.51. The average molecular weight is 252 g/mol. The molecule has 0 amide bonds. The number of carbonyl (C=O) groups is 1. The molecule has 4 nitrogen and oxygen atoms in total. The van der Waals surface area contributed by atoms with Gasteiger partial charge in [0.25, 0.3) is 0 Å². The van der Waals surface area contributed by atoms with Crippen LogP contribution in [-0.2, 0) is 9.53 Å². The molecular weight excluding hydrogens is 232 g/mol. The molecule has 0 aromatic carbocycles. The maximum absolute atomic E-state index is 11.9. The Morgan fingerprint density at radius 2 is 2.22 bits per heavy atom. The first-order valence-corrected chi connectivity index (χ1v) is 6.53. The lowest BCUT2D eigenvalue weighted by Crippen LogP contribution is -2.46. The van der Waals surface area contributed by atoms with Crippen LogP contribution >= 0.6 is 0 Å². The van der Waals surface area contributed by atoms with E-state index in [1.54, 1.807) is 0 Å². The van der Waals surface area contributed by atoms with Crippen molar-refractivity contribution in [3.63, 3.8) is 0 Å². The van der Waals surface area contributed by atoms with Gasteiger partial charge in [-0.2, -0.15) is 0 Å². The van der Waals surface area contributed by atoms with Crippen LogP contribution in [-0.4, -0.2) is 34.0 Å². The molecule has 1 saturated heterocycles. The highest BCUT2D eigenvalue weighted by atomic mass is 16.6. The van der Waals surface area contributed by atoms with Gasteiger partial charge in [0, 0.05) is 6.61 Å². The fraction of sp³-hybridized carbons (Fsp3) is 0.786. The van der Waals surface area contributed by atoms with Crippen LogP contribution in [0.5, 0.6) is 0 Å². The van der Waals surface area contributed by atoms with Crippen molar-refractivity contribution in [1.29, 1.82) is 0 Å². The maximum atomic E-state index is 11.9. The van der Waals surface area contributed by atoms with Crippen LogP contribution in [0, 0.1) is 30.1 Å². The van der Waals surface area contributed by atoms with Crippen LogP contribution in [0.15, 0.2) is 0 Å². The van der Waals surface area contributed by atoms with Gasteiger partial charge in [0.2, 0.25) is 5.60 Å². The summed E-state index contributed by atoms with van der Waals surface area (Å²) in [6.45, 7) is 3.88. The molecule has 4 heteroatoms. The molecule has 1 heterocycles. The van der Waals surface area contributed by atoms with Crippen molar-refractivity contribution in [3.8, 4) is 12.3 Å². The van der Waals surface area contributed by atoms with E-state index in [0.29, 0.717) is 12.8 Å². The van der Waals surface area contributed by atoms with E-state index in [1.807, 2.05) is 13.8 Å². The Morgan fingerprint density at radius 3 is 2.67 bits per heavy atom. The van der Waals surface area contributed by atoms with Gasteiger partial charge in [0.15, 0.2) is 0 Å². The lowest BCUT2D eigenvalue weighted by atomic mass is 9.74. The smallest absolute Gasteiger partial charge is 0.352 e. The molecule has 1 aliphatic heterocycles. The molecule has 0 aromatic rings. The fourth-order valence-electron chi connectivity index (χ4n) is 3.86. The zero-order valence-corrected chi connectivity index (χ0v) is 10.8. The van der Waals surface area contributed by atoms with Crippen molar-refractivity contribution in [2.45, 2.75) is 44.3 Å². The molecule has 5 atom stereocenters. The zero-order chi connectivity index (χ0) is 13.6. The summed E-state index contributed by atoms with van der Waals surface area (Å²) in [5, 5.41) is 20.0. The first-order valence-electron chi connectivity index (χ1n) is 6.53. The van der Waals surface area contributed by atoms with Crippen LogP contribution in [0.1, 0.15) is 33.1 Å². The van der Waals surface area contributed by atoms with Crippen molar-refractivity contribution < 1.29 is 19.7 Å². The lowest BCUT2D eigenvalue weighted by molar-refractivity contribution is -0.157. The first-order chi connectivity index (χ1) is 8.49. The average Bonchev–Trinajstić information content (AvgIpc) is 2.81. The number of aliphatic hydroxyl groups is 2. The molecule has 0 spiro atoms. The number of esters is 1. The predicted molar refractivity (Wildman–Crippen MR) is 65.4 cm³/mol. The van der Waals surface area contributed by atoms with Crippen LogP contribution in [0.3, 0.4) is 0 Å². The summed E-state index contributed by atoms with van der Waals surface area (Å²) in [6, 6.07) is 0. The molecule has 18 heavy (non-hydrogen) atoms. The minimum Gasteiger partial charge on any atom is -0.456 e. The number of rotatable bonds is 3. The summed E-state index contributed by atoms with van der Waals surface area (Å²) in [5.74, 6) is 1.02. The van der Waals surface area contributed by atoms with Crippen molar-refractivity contribution >= 4 is 5.97 Å². The van der Waals surface area contributed by atoms with E-state index in [2.05, 4.69) is 5.92 Å². The van der Waals surface area contributed by atoms with Gasteiger partial charge in [-0.15, -0.1) is 6.42 Å². The van der Waals surface area contributed by atoms with Crippen LogP contribution in [0.2, 0.25) is 0 Å². The number of aliphatic hydroxyl groups excluding tert-OH is 1. The molecular formula is C14H20O4. The molecule has 2 N–H and O–H groups in total. The minimum atomic E-state index is -1.88. The van der Waals surface area contributed by atoms with Gasteiger partial charge in [-0.05, 0) is 24.7 Å². The molecule has 100 valence electrons. The minimum absolute atomic E-state index is 0.0778. The topological polar surface area (TPSA) is 66.8 Å². The second-order valence-corrected chi connectivity index (χ2v) is 5.42. The van der Waals surface area contributed by atoms with Crippen LogP contribution in [0.4, 0.5) is 0 Å². The van der Waals surface area contributed by atoms with Crippen molar-refractivity contribution in [3.05, 3.63) is 0 Å². The molecule has 0 bridgehead atoms. The van der Waals surface area contributed by atoms with Crippen molar-refractivity contribution in [2.75, 3.05) is 6.61 Å². The highest BCUT2D eigenvalue weighted by Crippen LogP contribution is 2.57. The molecule has 0 aromatic heterocycles. The number of hydrogen-bond acceptors (Lipinski definition) is 4. The number of ether oxygens (including phenoxy) is 1. The van der Waals surface area contributed by atoms with Gasteiger partial charge in [-0.25, -0.2) is 4.79 Å². The monoisotopic (exact) mass is 252 g/mol. The van der Waals surface area contributed by atoms with Crippen molar-refractivity contribution in [1.82, 2.24) is 0 Å². The Bertz CT molecular complexity index is 399. The third-order valence-corrected chi connectivity index (χ3v) is 4.82. The quantitative estimate of drug-likeness (QED) is 0.573. The summed E-state index contributed by atoms with van der Waals surface area (Å²) in [5.41, 5.74) is -2.58. The Balaban J connectivity index is 2.49. The van der Waals surface area contributed by atoms with E-state index in [9.17, 15) is 15.0 Å². The highest BCUT2D eigenvalue weighted by molar-refractivity contribution is 5.87. The van der Waals surface area contributed by atoms with Gasteiger partial charge in [-0.1, -0.05) is 26.2 Å². The summed E-state index contributed by atoms with van der Waals surface area (Å²) in [7, 11) is 0. The fourth-order valence-corrected chi connectivity index (χ4v) is 3.86. The molecule has 0 unspecified atom stereocenters. The second-order valence-electron chi connectivity index (χ2n) is 5.42. The molecule has 2 rings (SSSR count). The Labute approximate surface area is 107 Å². The highest BCUT2D eigenvalue weighted by Gasteiger charge is 2.70. The standard InChI is InChI=1S/C14H20O4/c1-4-9-7-13(5-2)11(10(9)8-15)14(17,6-3)12(16)18-13/h3,9-11,15,17H,4-5,7-8H2,1-2H3/t9-,10+,11+,13-,14+/m1/s1. The van der Waals surface area contributed by atoms with Crippen LogP contribution < -0.4 is 0 Å². The number of terminal acetylenes is 1. The SMILES string of the molecule is C#C[C@@]1(O)C(=O)O[C@]2(CC)C[C@@H](CC)[C@H](CO)[C@@H]21. The van der Waals surface area contributed by atoms with Crippen molar-refractivity contribution in [2.24, 2.45) is 17.8 Å². The van der Waals surface area contributed by atoms with Gasteiger partial charge < -0.3 is 14.9 Å². The normalized spacial score (nSPS) is 46.6. The second kappa shape index (κ2) is 4.25.